The van der Waals surface area contributed by atoms with Crippen LogP contribution in [-0.4, -0.2) is 25.2 Å². The number of aromatic carboxylic acids is 1. The van der Waals surface area contributed by atoms with Crippen molar-refractivity contribution in [2.45, 2.75) is 0 Å². The van der Waals surface area contributed by atoms with Crippen molar-refractivity contribution < 1.29 is 18.3 Å². The van der Waals surface area contributed by atoms with Crippen LogP contribution in [0.1, 0.15) is 10.4 Å². The van der Waals surface area contributed by atoms with Crippen molar-refractivity contribution in [3.63, 3.8) is 0 Å². The monoisotopic (exact) mass is 241 g/mol. The summed E-state index contributed by atoms with van der Waals surface area (Å²) in [7, 11) is -3.57. The third kappa shape index (κ3) is 3.09. The Morgan fingerprint density at radius 1 is 1.44 bits per heavy atom. The van der Waals surface area contributed by atoms with Gasteiger partial charge in [0.2, 0.25) is 10.0 Å². The second-order valence-electron chi connectivity index (χ2n) is 3.02. The average molecular weight is 241 g/mol. The molecule has 0 atom stereocenters. The number of hydrogen-bond acceptors (Lipinski definition) is 3. The van der Waals surface area contributed by atoms with Gasteiger partial charge >= 0.3 is 5.97 Å². The molecule has 0 amide bonds. The van der Waals surface area contributed by atoms with Gasteiger partial charge in [-0.15, -0.1) is 6.58 Å². The van der Waals surface area contributed by atoms with Crippen LogP contribution in [0.25, 0.3) is 0 Å². The lowest BCUT2D eigenvalue weighted by molar-refractivity contribution is 0.0698. The van der Waals surface area contributed by atoms with Gasteiger partial charge in [0.1, 0.15) is 0 Å². The molecule has 86 valence electrons. The molecule has 2 N–H and O–H groups in total. The molecular formula is C10H11NO4S. The van der Waals surface area contributed by atoms with Gasteiger partial charge in [-0.1, -0.05) is 18.2 Å². The number of nitrogens with one attached hydrogen (secondary N) is 1. The van der Waals surface area contributed by atoms with Crippen molar-refractivity contribution in [1.29, 1.82) is 0 Å². The van der Waals surface area contributed by atoms with Gasteiger partial charge in [0.05, 0.1) is 17.0 Å². The number of carbonyl (C=O) groups is 1. The van der Waals surface area contributed by atoms with Crippen LogP contribution in [0.5, 0.6) is 0 Å². The van der Waals surface area contributed by atoms with Crippen LogP contribution in [0.4, 0.5) is 5.69 Å². The molecule has 0 saturated carbocycles. The summed E-state index contributed by atoms with van der Waals surface area (Å²) in [5.74, 6) is -1.45. The van der Waals surface area contributed by atoms with Crippen LogP contribution < -0.4 is 4.72 Å². The predicted molar refractivity (Wildman–Crippen MR) is 61.0 cm³/mol. The van der Waals surface area contributed by atoms with Crippen LogP contribution in [-0.2, 0) is 10.0 Å². The van der Waals surface area contributed by atoms with E-state index in [0.717, 1.165) is 0 Å². The summed E-state index contributed by atoms with van der Waals surface area (Å²) in [5, 5.41) is 8.84. The number of sulfonamides is 1. The summed E-state index contributed by atoms with van der Waals surface area (Å²) in [4.78, 5) is 10.8. The standard InChI is InChI=1S/C10H11NO4S/c1-2-7-16(14,15)11-9-6-4-3-5-8(9)10(12)13/h2-6,11H,1,7H2,(H,12,13). The minimum Gasteiger partial charge on any atom is -0.478 e. The summed E-state index contributed by atoms with van der Waals surface area (Å²) in [6.45, 7) is 3.31. The van der Waals surface area contributed by atoms with E-state index in [4.69, 9.17) is 5.11 Å². The molecular weight excluding hydrogens is 230 g/mol. The molecule has 0 aliphatic heterocycles. The summed E-state index contributed by atoms with van der Waals surface area (Å²) in [6, 6.07) is 5.80. The maximum atomic E-state index is 11.4. The van der Waals surface area contributed by atoms with E-state index >= 15 is 0 Å². The molecule has 6 heteroatoms. The summed E-state index contributed by atoms with van der Waals surface area (Å²) in [6.07, 6.45) is 1.23. The van der Waals surface area contributed by atoms with Gasteiger partial charge in [-0.3, -0.25) is 4.72 Å². The normalized spacial score (nSPS) is 10.8. The van der Waals surface area contributed by atoms with E-state index in [1.54, 1.807) is 6.07 Å². The molecule has 0 aromatic heterocycles. The number of hydrogen-bond donors (Lipinski definition) is 2. The highest BCUT2D eigenvalue weighted by atomic mass is 32.2. The summed E-state index contributed by atoms with van der Waals surface area (Å²) in [5.41, 5.74) is -0.0352. The minimum atomic E-state index is -3.57. The molecule has 16 heavy (non-hydrogen) atoms. The zero-order valence-electron chi connectivity index (χ0n) is 8.38. The zero-order chi connectivity index (χ0) is 12.2. The van der Waals surface area contributed by atoms with Crippen molar-refractivity contribution in [2.24, 2.45) is 0 Å². The Kier molecular flexibility index (Phi) is 3.68. The van der Waals surface area contributed by atoms with E-state index in [2.05, 4.69) is 11.3 Å². The maximum Gasteiger partial charge on any atom is 0.337 e. The number of carboxylic acids is 1. The van der Waals surface area contributed by atoms with Crippen LogP contribution in [0, 0.1) is 0 Å². The van der Waals surface area contributed by atoms with Gasteiger partial charge in [0, 0.05) is 0 Å². The van der Waals surface area contributed by atoms with Gasteiger partial charge in [0.15, 0.2) is 0 Å². The Bertz CT molecular complexity index is 507. The molecule has 0 heterocycles. The number of rotatable bonds is 5. The van der Waals surface area contributed by atoms with Crippen LogP contribution in [0.15, 0.2) is 36.9 Å². The third-order valence-electron chi connectivity index (χ3n) is 1.76. The first-order valence-electron chi connectivity index (χ1n) is 4.40. The molecule has 1 aromatic rings. The van der Waals surface area contributed by atoms with Gasteiger partial charge in [-0.25, -0.2) is 13.2 Å². The first-order chi connectivity index (χ1) is 7.46. The van der Waals surface area contributed by atoms with Crippen molar-refractivity contribution >= 4 is 21.7 Å². The number of para-hydroxylation sites is 1. The van der Waals surface area contributed by atoms with Crippen molar-refractivity contribution in [1.82, 2.24) is 0 Å². The van der Waals surface area contributed by atoms with Crippen LogP contribution in [0.3, 0.4) is 0 Å². The lowest BCUT2D eigenvalue weighted by Gasteiger charge is -2.08. The van der Waals surface area contributed by atoms with E-state index in [0.29, 0.717) is 0 Å². The summed E-state index contributed by atoms with van der Waals surface area (Å²) >= 11 is 0. The predicted octanol–water partition coefficient (Wildman–Crippen LogP) is 1.31. The molecule has 5 nitrogen and oxygen atoms in total. The van der Waals surface area contributed by atoms with Gasteiger partial charge in [-0.05, 0) is 12.1 Å². The molecule has 0 aliphatic carbocycles. The second kappa shape index (κ2) is 4.80. The Morgan fingerprint density at radius 2 is 2.06 bits per heavy atom. The van der Waals surface area contributed by atoms with E-state index < -0.39 is 16.0 Å². The van der Waals surface area contributed by atoms with Gasteiger partial charge < -0.3 is 5.11 Å². The molecule has 1 aromatic carbocycles. The first kappa shape index (κ1) is 12.3. The van der Waals surface area contributed by atoms with Crippen molar-refractivity contribution in [3.8, 4) is 0 Å². The Hall–Kier alpha value is -1.82. The fourth-order valence-corrected chi connectivity index (χ4v) is 2.03. The second-order valence-corrected chi connectivity index (χ2v) is 4.79. The van der Waals surface area contributed by atoms with Crippen molar-refractivity contribution in [3.05, 3.63) is 42.5 Å². The van der Waals surface area contributed by atoms with Crippen molar-refractivity contribution in [2.75, 3.05) is 10.5 Å². The quantitative estimate of drug-likeness (QED) is 0.761. The number of carboxylic acid groups (broad SMARTS) is 1. The smallest absolute Gasteiger partial charge is 0.337 e. The third-order valence-corrected chi connectivity index (χ3v) is 2.97. The summed E-state index contributed by atoms with van der Waals surface area (Å²) < 4.78 is 25.0. The van der Waals surface area contributed by atoms with Gasteiger partial charge in [0.25, 0.3) is 0 Å². The highest BCUT2D eigenvalue weighted by molar-refractivity contribution is 7.92. The van der Waals surface area contributed by atoms with Crippen LogP contribution in [0.2, 0.25) is 0 Å². The first-order valence-corrected chi connectivity index (χ1v) is 6.05. The Morgan fingerprint density at radius 3 is 2.62 bits per heavy atom. The Balaban J connectivity index is 3.06. The molecule has 1 rings (SSSR count). The highest BCUT2D eigenvalue weighted by Gasteiger charge is 2.14. The highest BCUT2D eigenvalue weighted by Crippen LogP contribution is 2.16. The lowest BCUT2D eigenvalue weighted by Crippen LogP contribution is -2.17. The molecule has 0 spiro atoms. The van der Waals surface area contributed by atoms with E-state index in [-0.39, 0.29) is 17.0 Å². The fourth-order valence-electron chi connectivity index (χ4n) is 1.12. The molecule has 0 radical (unpaired) electrons. The lowest BCUT2D eigenvalue weighted by atomic mass is 10.2. The molecule has 0 unspecified atom stereocenters. The van der Waals surface area contributed by atoms with E-state index in [9.17, 15) is 13.2 Å². The minimum absolute atomic E-state index is 0.0526. The van der Waals surface area contributed by atoms with Crippen LogP contribution >= 0.6 is 0 Å². The Labute approximate surface area is 93.5 Å². The van der Waals surface area contributed by atoms with Gasteiger partial charge in [-0.2, -0.15) is 0 Å². The fraction of sp³-hybridized carbons (Fsp3) is 0.100. The zero-order valence-corrected chi connectivity index (χ0v) is 9.20. The number of anilines is 1. The molecule has 0 bridgehead atoms. The molecule has 0 fully saturated rings. The average Bonchev–Trinajstić information content (AvgIpc) is 2.17. The maximum absolute atomic E-state index is 11.4. The molecule has 0 saturated heterocycles. The van der Waals surface area contributed by atoms with E-state index in [1.807, 2.05) is 0 Å². The van der Waals surface area contributed by atoms with E-state index in [1.165, 1.54) is 24.3 Å². The molecule has 0 aliphatic rings. The SMILES string of the molecule is C=CCS(=O)(=O)Nc1ccccc1C(=O)O. The topological polar surface area (TPSA) is 83.5 Å². The largest absolute Gasteiger partial charge is 0.478 e. The number of benzene rings is 1.